The van der Waals surface area contributed by atoms with E-state index in [1.54, 1.807) is 25.1 Å². The first-order chi connectivity index (χ1) is 9.67. The molecule has 0 heterocycles. The van der Waals surface area contributed by atoms with Crippen LogP contribution in [-0.2, 0) is 15.0 Å². The minimum atomic E-state index is -3.81. The van der Waals surface area contributed by atoms with Crippen molar-refractivity contribution in [1.82, 2.24) is 8.61 Å². The number of carboxylic acids is 1. The Morgan fingerprint density at radius 1 is 1.29 bits per heavy atom. The average Bonchev–Trinajstić information content (AvgIpc) is 2.43. The highest BCUT2D eigenvalue weighted by molar-refractivity contribution is 7.86. The molecule has 0 radical (unpaired) electrons. The lowest BCUT2D eigenvalue weighted by Gasteiger charge is -2.29. The van der Waals surface area contributed by atoms with Crippen LogP contribution in [0.15, 0.2) is 24.3 Å². The molecule has 1 rings (SSSR count). The molecule has 118 valence electrons. The Labute approximate surface area is 124 Å². The number of nitrogens with zero attached hydrogens (tertiary/aromatic N) is 2. The molecule has 0 aliphatic carbocycles. The highest BCUT2D eigenvalue weighted by atomic mass is 32.2. The summed E-state index contributed by atoms with van der Waals surface area (Å²) in [5.41, 5.74) is 0.482. The van der Waals surface area contributed by atoms with Crippen molar-refractivity contribution in [2.45, 2.75) is 19.4 Å². The molecule has 0 saturated carbocycles. The number of phenolic OH excluding ortho intramolecular Hbond substituents is 1. The minimum Gasteiger partial charge on any atom is -0.508 e. The van der Waals surface area contributed by atoms with Crippen LogP contribution in [0.25, 0.3) is 0 Å². The Hall–Kier alpha value is -1.64. The molecular weight excluding hydrogens is 296 g/mol. The Kier molecular flexibility index (Phi) is 5.70. The van der Waals surface area contributed by atoms with Crippen LogP contribution < -0.4 is 0 Å². The summed E-state index contributed by atoms with van der Waals surface area (Å²) in [5.74, 6) is -1.05. The van der Waals surface area contributed by atoms with Gasteiger partial charge in [0.2, 0.25) is 0 Å². The van der Waals surface area contributed by atoms with Gasteiger partial charge in [0.05, 0.1) is 12.5 Å². The summed E-state index contributed by atoms with van der Waals surface area (Å²) in [6, 6.07) is 5.91. The normalized spacial score (nSPS) is 13.6. The van der Waals surface area contributed by atoms with Crippen molar-refractivity contribution in [2.75, 3.05) is 20.6 Å². The van der Waals surface area contributed by atoms with Crippen molar-refractivity contribution in [1.29, 1.82) is 0 Å². The van der Waals surface area contributed by atoms with Crippen LogP contribution in [0.4, 0.5) is 0 Å². The molecule has 7 nitrogen and oxygen atoms in total. The zero-order chi connectivity index (χ0) is 16.2. The van der Waals surface area contributed by atoms with E-state index in [2.05, 4.69) is 0 Å². The number of rotatable bonds is 7. The lowest BCUT2D eigenvalue weighted by molar-refractivity contribution is -0.137. The van der Waals surface area contributed by atoms with Gasteiger partial charge < -0.3 is 10.2 Å². The number of carboxylic acid groups (broad SMARTS) is 1. The van der Waals surface area contributed by atoms with Crippen LogP contribution in [0.1, 0.15) is 24.9 Å². The maximum absolute atomic E-state index is 12.3. The molecule has 0 aliphatic rings. The Bertz CT molecular complexity index is 602. The molecule has 0 amide bonds. The molecule has 0 fully saturated rings. The van der Waals surface area contributed by atoms with Gasteiger partial charge in [-0.05, 0) is 13.0 Å². The second-order valence-corrected chi connectivity index (χ2v) is 6.82. The summed E-state index contributed by atoms with van der Waals surface area (Å²) in [7, 11) is -1.09. The Morgan fingerprint density at radius 3 is 2.38 bits per heavy atom. The molecule has 1 unspecified atom stereocenters. The van der Waals surface area contributed by atoms with Crippen molar-refractivity contribution in [3.05, 3.63) is 29.8 Å². The van der Waals surface area contributed by atoms with Gasteiger partial charge >= 0.3 is 5.97 Å². The van der Waals surface area contributed by atoms with Crippen molar-refractivity contribution in [2.24, 2.45) is 0 Å². The van der Waals surface area contributed by atoms with Crippen molar-refractivity contribution in [3.63, 3.8) is 0 Å². The number of para-hydroxylation sites is 1. The highest BCUT2D eigenvalue weighted by Gasteiger charge is 2.29. The fourth-order valence-electron chi connectivity index (χ4n) is 1.82. The van der Waals surface area contributed by atoms with Gasteiger partial charge in [-0.2, -0.15) is 17.0 Å². The first-order valence-corrected chi connectivity index (χ1v) is 7.76. The average molecular weight is 316 g/mol. The van der Waals surface area contributed by atoms with Gasteiger partial charge in [0.1, 0.15) is 5.75 Å². The van der Waals surface area contributed by atoms with Crippen molar-refractivity contribution < 1.29 is 23.4 Å². The molecule has 1 aromatic carbocycles. The summed E-state index contributed by atoms with van der Waals surface area (Å²) in [5, 5.41) is 18.4. The molecule has 1 aromatic rings. The lowest BCUT2D eigenvalue weighted by atomic mass is 10.1. The van der Waals surface area contributed by atoms with E-state index in [0.29, 0.717) is 5.56 Å². The maximum atomic E-state index is 12.3. The van der Waals surface area contributed by atoms with Gasteiger partial charge in [0.25, 0.3) is 10.2 Å². The lowest BCUT2D eigenvalue weighted by Crippen LogP contribution is -2.41. The SMILES string of the molecule is CC(c1ccccc1O)N(C)S(=O)(=O)N(C)CCC(=O)O. The summed E-state index contributed by atoms with van der Waals surface area (Å²) >= 11 is 0. The molecule has 2 N–H and O–H groups in total. The van der Waals surface area contributed by atoms with E-state index in [-0.39, 0.29) is 18.7 Å². The zero-order valence-electron chi connectivity index (χ0n) is 12.2. The first kappa shape index (κ1) is 17.4. The molecular formula is C13H20N2O5S. The van der Waals surface area contributed by atoms with E-state index in [0.717, 1.165) is 8.61 Å². The summed E-state index contributed by atoms with van der Waals surface area (Å²) in [6.45, 7) is 1.53. The predicted molar refractivity (Wildman–Crippen MR) is 78.1 cm³/mol. The fourth-order valence-corrected chi connectivity index (χ4v) is 3.10. The number of carbonyl (C=O) groups is 1. The van der Waals surface area contributed by atoms with E-state index in [1.807, 2.05) is 0 Å². The summed E-state index contributed by atoms with van der Waals surface area (Å²) in [6.07, 6.45) is -0.269. The van der Waals surface area contributed by atoms with Gasteiger partial charge in [-0.1, -0.05) is 18.2 Å². The molecule has 8 heteroatoms. The van der Waals surface area contributed by atoms with E-state index in [4.69, 9.17) is 5.11 Å². The minimum absolute atomic E-state index is 0.0141. The van der Waals surface area contributed by atoms with Crippen LogP contribution in [0.5, 0.6) is 5.75 Å². The number of hydrogen-bond donors (Lipinski definition) is 2. The summed E-state index contributed by atoms with van der Waals surface area (Å²) in [4.78, 5) is 10.5. The van der Waals surface area contributed by atoms with Crippen LogP contribution in [0.2, 0.25) is 0 Å². The molecule has 0 saturated heterocycles. The third kappa shape index (κ3) is 4.16. The number of hydrogen-bond acceptors (Lipinski definition) is 4. The molecule has 0 spiro atoms. The quantitative estimate of drug-likeness (QED) is 0.783. The molecule has 21 heavy (non-hydrogen) atoms. The van der Waals surface area contributed by atoms with E-state index in [1.165, 1.54) is 20.2 Å². The van der Waals surface area contributed by atoms with E-state index >= 15 is 0 Å². The van der Waals surface area contributed by atoms with Crippen LogP contribution >= 0.6 is 0 Å². The van der Waals surface area contributed by atoms with Crippen LogP contribution in [0, 0.1) is 0 Å². The Balaban J connectivity index is 2.92. The smallest absolute Gasteiger partial charge is 0.304 e. The fraction of sp³-hybridized carbons (Fsp3) is 0.462. The standard InChI is InChI=1S/C13H20N2O5S/c1-10(11-6-4-5-7-12(11)16)15(3)21(19,20)14(2)9-8-13(17)18/h4-7,10,16H,8-9H2,1-3H3,(H,17,18). The van der Waals surface area contributed by atoms with Crippen molar-refractivity contribution in [3.8, 4) is 5.75 Å². The third-order valence-electron chi connectivity index (χ3n) is 3.33. The molecule has 0 aliphatic heterocycles. The number of phenols is 1. The van der Waals surface area contributed by atoms with Crippen molar-refractivity contribution >= 4 is 16.2 Å². The van der Waals surface area contributed by atoms with Gasteiger partial charge in [-0.15, -0.1) is 0 Å². The Morgan fingerprint density at radius 2 is 1.86 bits per heavy atom. The van der Waals surface area contributed by atoms with Gasteiger partial charge in [0, 0.05) is 26.2 Å². The monoisotopic (exact) mass is 316 g/mol. The molecule has 0 aromatic heterocycles. The zero-order valence-corrected chi connectivity index (χ0v) is 13.0. The third-order valence-corrected chi connectivity index (χ3v) is 5.34. The highest BCUT2D eigenvalue weighted by Crippen LogP contribution is 2.29. The largest absolute Gasteiger partial charge is 0.508 e. The maximum Gasteiger partial charge on any atom is 0.304 e. The number of aliphatic carboxylic acids is 1. The van der Waals surface area contributed by atoms with E-state index < -0.39 is 22.2 Å². The first-order valence-electron chi connectivity index (χ1n) is 6.37. The predicted octanol–water partition coefficient (Wildman–Crippen LogP) is 1.04. The van der Waals surface area contributed by atoms with Gasteiger partial charge in [-0.25, -0.2) is 0 Å². The summed E-state index contributed by atoms with van der Waals surface area (Å²) < 4.78 is 26.8. The topological polar surface area (TPSA) is 98.2 Å². The van der Waals surface area contributed by atoms with Gasteiger partial charge in [0.15, 0.2) is 0 Å². The number of benzene rings is 1. The van der Waals surface area contributed by atoms with Crippen LogP contribution in [0.3, 0.4) is 0 Å². The number of aromatic hydroxyl groups is 1. The van der Waals surface area contributed by atoms with Crippen LogP contribution in [-0.4, -0.2) is 53.9 Å². The molecule has 0 bridgehead atoms. The van der Waals surface area contributed by atoms with Gasteiger partial charge in [-0.3, -0.25) is 4.79 Å². The molecule has 1 atom stereocenters. The second-order valence-electron chi connectivity index (χ2n) is 4.72. The van der Waals surface area contributed by atoms with E-state index in [9.17, 15) is 18.3 Å². The second kappa shape index (κ2) is 6.88.